The maximum atomic E-state index is 5.49. The van der Waals surface area contributed by atoms with Gasteiger partial charge in [-0.2, -0.15) is 0 Å². The van der Waals surface area contributed by atoms with E-state index < -0.39 is 0 Å². The van der Waals surface area contributed by atoms with Crippen molar-refractivity contribution < 1.29 is 0 Å². The minimum absolute atomic E-state index is 0.312. The quantitative estimate of drug-likeness (QED) is 0.115. The van der Waals surface area contributed by atoms with Crippen LogP contribution in [-0.2, 0) is 0 Å². The van der Waals surface area contributed by atoms with E-state index in [2.05, 4.69) is 233 Å². The zero-order valence-electron chi connectivity index (χ0n) is 35.2. The summed E-state index contributed by atoms with van der Waals surface area (Å²) in [5, 5.41) is 0. The van der Waals surface area contributed by atoms with E-state index in [0.717, 1.165) is 12.8 Å². The molecule has 7 aromatic rings. The minimum atomic E-state index is 0.312. The van der Waals surface area contributed by atoms with E-state index in [0.29, 0.717) is 6.04 Å². The Labute approximate surface area is 358 Å². The molecule has 0 N–H and O–H groups in total. The first-order valence-electron chi connectivity index (χ1n) is 21.0. The van der Waals surface area contributed by atoms with Crippen LogP contribution in [-0.4, -0.2) is 6.04 Å². The third-order valence-corrected chi connectivity index (χ3v) is 11.0. The van der Waals surface area contributed by atoms with Crippen molar-refractivity contribution in [3.63, 3.8) is 0 Å². The summed E-state index contributed by atoms with van der Waals surface area (Å²) in [7, 11) is 0. The van der Waals surface area contributed by atoms with E-state index in [-0.39, 0.29) is 0 Å². The number of fused-ring (bicyclic) bond motifs is 3. The van der Waals surface area contributed by atoms with Crippen molar-refractivity contribution in [3.05, 3.63) is 246 Å². The van der Waals surface area contributed by atoms with E-state index in [1.165, 1.54) is 83.7 Å². The van der Waals surface area contributed by atoms with Crippen LogP contribution in [0.1, 0.15) is 47.6 Å². The highest BCUT2D eigenvalue weighted by atomic mass is 15.2. The van der Waals surface area contributed by atoms with Crippen LogP contribution in [0.5, 0.6) is 0 Å². The number of hydrogen-bond acceptors (Lipinski definition) is 1. The molecule has 0 amide bonds. The molecular formula is C59H53N. The van der Waals surface area contributed by atoms with Crippen LogP contribution < -0.4 is 4.90 Å². The summed E-state index contributed by atoms with van der Waals surface area (Å²) in [6, 6.07) is 64.7. The predicted molar refractivity (Wildman–Crippen MR) is 259 cm³/mol. The van der Waals surface area contributed by atoms with Crippen LogP contribution in [0.4, 0.5) is 5.69 Å². The third-order valence-electron chi connectivity index (χ3n) is 11.0. The molecule has 60 heavy (non-hydrogen) atoms. The van der Waals surface area contributed by atoms with Crippen LogP contribution in [0.15, 0.2) is 218 Å². The molecule has 1 atom stereocenters. The lowest BCUT2D eigenvalue weighted by atomic mass is 9.89. The number of hydrogen-bond donors (Lipinski definition) is 0. The summed E-state index contributed by atoms with van der Waals surface area (Å²) in [6.07, 6.45) is 18.3. The van der Waals surface area contributed by atoms with E-state index in [1.54, 1.807) is 6.08 Å². The third kappa shape index (κ3) is 10.1. The molecule has 1 nitrogen and oxygen atoms in total. The molecule has 1 aliphatic carbocycles. The zero-order valence-corrected chi connectivity index (χ0v) is 35.2. The second-order valence-electron chi connectivity index (χ2n) is 15.3. The molecule has 1 aliphatic heterocycles. The molecule has 1 heteroatoms. The Morgan fingerprint density at radius 2 is 0.967 bits per heavy atom. The maximum Gasteiger partial charge on any atom is 0.0633 e. The van der Waals surface area contributed by atoms with Gasteiger partial charge in [-0.3, -0.25) is 0 Å². The molecule has 0 spiro atoms. The normalized spacial score (nSPS) is 14.0. The fourth-order valence-electron chi connectivity index (χ4n) is 7.75. The molecule has 0 bridgehead atoms. The van der Waals surface area contributed by atoms with Crippen LogP contribution >= 0.6 is 0 Å². The van der Waals surface area contributed by atoms with E-state index in [1.807, 2.05) is 12.1 Å². The summed E-state index contributed by atoms with van der Waals surface area (Å²) in [5.74, 6) is 2.63. The van der Waals surface area contributed by atoms with Crippen molar-refractivity contribution in [1.29, 1.82) is 0 Å². The summed E-state index contributed by atoms with van der Waals surface area (Å²) in [4.78, 5) is 2.45. The number of terminal acetylenes is 1. The first-order chi connectivity index (χ1) is 29.4. The lowest BCUT2D eigenvalue weighted by Crippen LogP contribution is -2.30. The number of allylic oxidation sites excluding steroid dienone is 5. The van der Waals surface area contributed by atoms with Crippen molar-refractivity contribution in [2.24, 2.45) is 0 Å². The topological polar surface area (TPSA) is 3.24 Å². The van der Waals surface area contributed by atoms with Gasteiger partial charge in [-0.05, 0) is 108 Å². The maximum absolute atomic E-state index is 5.49. The Hall–Kier alpha value is -7.14. The summed E-state index contributed by atoms with van der Waals surface area (Å²) >= 11 is 0. The largest absolute Gasteiger partial charge is 0.333 e. The van der Waals surface area contributed by atoms with Crippen LogP contribution in [0.2, 0.25) is 0 Å². The second kappa shape index (κ2) is 20.0. The molecule has 9 rings (SSSR count). The van der Waals surface area contributed by atoms with E-state index >= 15 is 0 Å². The van der Waals surface area contributed by atoms with Gasteiger partial charge in [0.1, 0.15) is 0 Å². The lowest BCUT2D eigenvalue weighted by molar-refractivity contribution is 0.804. The summed E-state index contributed by atoms with van der Waals surface area (Å²) in [6.45, 7) is 8.51. The molecule has 0 saturated heterocycles. The highest BCUT2D eigenvalue weighted by Gasteiger charge is 2.36. The fourth-order valence-corrected chi connectivity index (χ4v) is 7.75. The molecule has 0 fully saturated rings. The molecule has 0 saturated carbocycles. The standard InChI is InChI=1S/C27H25N.C19H16.C13H12/c1-4-6-10-23(9-5-2)28-26-12-8-7-11-24(26)25-19-22(17-18-27(25)28)21-15-13-20(3)14-16-21;1-15-7-9-17(10-8-15)19-13-11-18(12-14-19)16-5-3-2-4-6-16;1-11-7-9-13(10-8-11)12-5-3-2-4-6-12/h1,6-17,19,27H,5,18H2,2-3H3;2-14H,1H3;2-10H,1H3/b10-6-,23-9+;;. The Morgan fingerprint density at radius 1 is 0.550 bits per heavy atom. The predicted octanol–water partition coefficient (Wildman–Crippen LogP) is 15.5. The number of rotatable bonds is 7. The van der Waals surface area contributed by atoms with Crippen molar-refractivity contribution in [1.82, 2.24) is 0 Å². The first-order valence-corrected chi connectivity index (χ1v) is 21.0. The molecule has 0 radical (unpaired) electrons. The van der Waals surface area contributed by atoms with E-state index in [4.69, 9.17) is 6.42 Å². The van der Waals surface area contributed by atoms with E-state index in [9.17, 15) is 0 Å². The monoisotopic (exact) mass is 775 g/mol. The Balaban J connectivity index is 0.000000147. The number of benzene rings is 7. The SMILES string of the molecule is C#C/C=C\C(=C/CC)N1c2ccccc2C2=CC(c3ccc(C)cc3)=CCC21.Cc1ccc(-c2ccc(-c3ccccc3)cc2)cc1.Cc1ccc(-c2ccccc2)cc1. The van der Waals surface area contributed by atoms with Gasteiger partial charge in [-0.15, -0.1) is 6.42 Å². The van der Waals surface area contributed by atoms with Crippen molar-refractivity contribution in [2.45, 2.75) is 46.6 Å². The first kappa shape index (κ1) is 41.0. The second-order valence-corrected chi connectivity index (χ2v) is 15.3. The van der Waals surface area contributed by atoms with Gasteiger partial charge in [0.25, 0.3) is 0 Å². The molecular weight excluding hydrogens is 723 g/mol. The molecule has 1 unspecified atom stereocenters. The number of para-hydroxylation sites is 1. The van der Waals surface area contributed by atoms with Crippen molar-refractivity contribution in [2.75, 3.05) is 4.90 Å². The van der Waals surface area contributed by atoms with Crippen LogP contribution in [0.3, 0.4) is 0 Å². The van der Waals surface area contributed by atoms with Crippen LogP contribution in [0, 0.1) is 33.1 Å². The Kier molecular flexibility index (Phi) is 13.7. The van der Waals surface area contributed by atoms with Gasteiger partial charge in [0, 0.05) is 16.9 Å². The van der Waals surface area contributed by atoms with Gasteiger partial charge in [0.05, 0.1) is 6.04 Å². The van der Waals surface area contributed by atoms with Gasteiger partial charge in [-0.25, -0.2) is 0 Å². The van der Waals surface area contributed by atoms with Gasteiger partial charge in [0.15, 0.2) is 0 Å². The summed E-state index contributed by atoms with van der Waals surface area (Å²) < 4.78 is 0. The average molecular weight is 776 g/mol. The Morgan fingerprint density at radius 3 is 1.43 bits per heavy atom. The summed E-state index contributed by atoms with van der Waals surface area (Å²) in [5.41, 5.74) is 19.3. The lowest BCUT2D eigenvalue weighted by Gasteiger charge is -2.30. The molecule has 0 aromatic heterocycles. The average Bonchev–Trinajstić information content (AvgIpc) is 3.63. The zero-order chi connectivity index (χ0) is 41.7. The van der Waals surface area contributed by atoms with Gasteiger partial charge in [-0.1, -0.05) is 218 Å². The van der Waals surface area contributed by atoms with Crippen LogP contribution in [0.25, 0.3) is 44.5 Å². The molecule has 7 aromatic carbocycles. The highest BCUT2D eigenvalue weighted by molar-refractivity contribution is 5.97. The number of anilines is 1. The molecule has 294 valence electrons. The fraction of sp³-hybridized carbons (Fsp3) is 0.119. The van der Waals surface area contributed by atoms with Gasteiger partial charge < -0.3 is 4.90 Å². The van der Waals surface area contributed by atoms with Crippen molar-refractivity contribution >= 4 is 16.8 Å². The Bertz CT molecular complexity index is 2630. The smallest absolute Gasteiger partial charge is 0.0633 e. The molecule has 2 aliphatic rings. The number of nitrogens with zero attached hydrogens (tertiary/aromatic N) is 1. The van der Waals surface area contributed by atoms with Gasteiger partial charge in [0.2, 0.25) is 0 Å². The minimum Gasteiger partial charge on any atom is -0.333 e. The van der Waals surface area contributed by atoms with Crippen molar-refractivity contribution in [3.8, 4) is 45.7 Å². The van der Waals surface area contributed by atoms with Gasteiger partial charge >= 0.3 is 0 Å². The highest BCUT2D eigenvalue weighted by Crippen LogP contribution is 2.47. The molecule has 1 heterocycles. The number of aryl methyl sites for hydroxylation is 3.